The van der Waals surface area contributed by atoms with E-state index in [1.807, 2.05) is 87.9 Å². The van der Waals surface area contributed by atoms with Gasteiger partial charge in [-0.05, 0) is 80.8 Å². The second kappa shape index (κ2) is 24.1. The minimum absolute atomic E-state index is 0.0816. The van der Waals surface area contributed by atoms with E-state index in [2.05, 4.69) is 67.3 Å². The van der Waals surface area contributed by atoms with E-state index >= 15 is 0 Å². The number of para-hydroxylation sites is 1. The molecule has 2 amide bonds. The molecule has 5 N–H and O–H groups in total. The van der Waals surface area contributed by atoms with E-state index in [1.165, 1.54) is 4.90 Å². The van der Waals surface area contributed by atoms with Gasteiger partial charge >= 0.3 is 0 Å². The Morgan fingerprint density at radius 1 is 0.817 bits per heavy atom. The number of nitrogens with zero attached hydrogens (tertiary/aromatic N) is 11. The lowest BCUT2D eigenvalue weighted by atomic mass is 9.91. The molecule has 6 aliphatic rings. The number of hydrogen-bond donors (Lipinski definition) is 4. The zero-order chi connectivity index (χ0) is 56.6. The number of fused-ring (bicyclic) bond motifs is 2. The molecule has 6 fully saturated rings. The predicted molar refractivity (Wildman–Crippen MR) is 315 cm³/mol. The number of nitrogens with two attached hydrogens (primary N) is 1. The van der Waals surface area contributed by atoms with Crippen LogP contribution >= 0.6 is 11.3 Å². The number of carbonyl (C=O) groups is 2. The molecular weight excluding hydrogens is 1060 g/mol. The van der Waals surface area contributed by atoms with Crippen molar-refractivity contribution in [2.75, 3.05) is 92.4 Å². The molecule has 9 heterocycles. The summed E-state index contributed by atoms with van der Waals surface area (Å²) in [5, 5.41) is 37.4. The Kier molecular flexibility index (Phi) is 16.4. The van der Waals surface area contributed by atoms with Crippen molar-refractivity contribution in [2.45, 2.75) is 127 Å². The number of benzene rings is 2. The highest BCUT2D eigenvalue weighted by Gasteiger charge is 2.45. The molecule has 6 aromatic rings. The maximum Gasteiger partial charge on any atom is 0.243 e. The van der Waals surface area contributed by atoms with Gasteiger partial charge in [0.2, 0.25) is 17.7 Å². The molecule has 1 saturated carbocycles. The Morgan fingerprint density at radius 3 is 2.26 bits per heavy atom. The number of aromatic nitrogens is 5. The summed E-state index contributed by atoms with van der Waals surface area (Å²) in [6.45, 7) is 17.0. The summed E-state index contributed by atoms with van der Waals surface area (Å²) in [4.78, 5) is 52.0. The second-order valence-electron chi connectivity index (χ2n) is 23.7. The number of amides is 2. The number of pyridine rings is 1. The van der Waals surface area contributed by atoms with Crippen molar-refractivity contribution in [3.05, 3.63) is 102 Å². The SMILES string of the molecule is Cc1ncsc1-c1ccc(C(C)NC(=O)[C@@H]2C[C@@H](O)CN2C(=O)C(c2cc(N3CCN(CCN4CCC(OC5CC(Oc6cc(N7C8CCC7CN(c7cc(-c9ccccc9O)nnc7N)C8)ccn6)C5)CC4)CC3)no2)C(C)C)cc1. The quantitative estimate of drug-likeness (QED) is 0.0686. The van der Waals surface area contributed by atoms with Crippen molar-refractivity contribution in [3.8, 4) is 33.3 Å². The lowest BCUT2D eigenvalue weighted by Crippen LogP contribution is -2.54. The molecule has 5 aliphatic heterocycles. The lowest BCUT2D eigenvalue weighted by Gasteiger charge is -2.43. The number of anilines is 4. The molecule has 20 nitrogen and oxygen atoms in total. The van der Waals surface area contributed by atoms with Gasteiger partial charge in [-0.1, -0.05) is 55.4 Å². The molecule has 21 heteroatoms. The Morgan fingerprint density at radius 2 is 1.55 bits per heavy atom. The maximum absolute atomic E-state index is 14.4. The summed E-state index contributed by atoms with van der Waals surface area (Å²) in [6.07, 6.45) is 7.74. The topological polar surface area (TPSA) is 228 Å². The Hall–Kier alpha value is -6.91. The third-order valence-electron chi connectivity index (χ3n) is 17.9. The summed E-state index contributed by atoms with van der Waals surface area (Å²) < 4.78 is 19.0. The van der Waals surface area contributed by atoms with Gasteiger partial charge in [0.05, 0.1) is 51.8 Å². The number of nitrogen functional groups attached to an aromatic ring is 1. The summed E-state index contributed by atoms with van der Waals surface area (Å²) in [5.41, 5.74) is 14.5. The largest absolute Gasteiger partial charge is 0.507 e. The standard InChI is InChI=1S/C61H77N13O7S/c1-37(2)57(61(78)73-35-45(75)28-52(73)60(77)65-38(3)40-9-11-41(12-10-40)58-39(4)64-36-82-58)54-32-55(68-81-54)71-25-23-70(24-26-71)22-21-69-19-16-46(17-20-69)79-47-29-48(30-47)80-56-27-42(15-18-63-56)74-43-13-14-44(74)34-72(33-43)51-31-50(66-67-59(51)62)49-7-5-6-8-53(49)76/h5-12,15,18,27,31-32,36-38,43-48,52,57,75-76H,13-14,16-17,19-26,28-30,33-35H2,1-4H3,(H2,62,67)(H,65,77)/t38?,43?,44?,45-,47?,48?,52+,57?/m1/s1. The van der Waals surface area contributed by atoms with E-state index in [-0.39, 0.29) is 60.8 Å². The van der Waals surface area contributed by atoms with Crippen molar-refractivity contribution in [3.63, 3.8) is 0 Å². The lowest BCUT2D eigenvalue weighted by molar-refractivity contribution is -0.141. The molecule has 434 valence electrons. The van der Waals surface area contributed by atoms with Crippen LogP contribution in [0.4, 0.5) is 23.0 Å². The molecule has 5 saturated heterocycles. The number of likely N-dealkylation sites (tertiary alicyclic amines) is 2. The zero-order valence-electron chi connectivity index (χ0n) is 47.4. The number of hydrogen-bond acceptors (Lipinski definition) is 19. The average molecular weight is 1140 g/mol. The van der Waals surface area contributed by atoms with E-state index in [9.17, 15) is 19.8 Å². The fraction of sp³-hybridized carbons (Fsp3) is 0.525. The molecule has 2 aromatic carbocycles. The fourth-order valence-electron chi connectivity index (χ4n) is 13.2. The van der Waals surface area contributed by atoms with Gasteiger partial charge in [-0.3, -0.25) is 14.5 Å². The van der Waals surface area contributed by atoms with Crippen LogP contribution in [0.15, 0.2) is 89.0 Å². The molecule has 1 aliphatic carbocycles. The first-order chi connectivity index (χ1) is 39.8. The van der Waals surface area contributed by atoms with Crippen LogP contribution in [0.2, 0.25) is 0 Å². The molecular formula is C61H77N13O7S. The minimum atomic E-state index is -0.805. The first-order valence-electron chi connectivity index (χ1n) is 29.5. The van der Waals surface area contributed by atoms with Crippen LogP contribution in [-0.2, 0) is 14.3 Å². The van der Waals surface area contributed by atoms with Gasteiger partial charge in [-0.15, -0.1) is 21.5 Å². The number of aliphatic hydroxyl groups is 1. The molecule has 6 atom stereocenters. The number of carbonyl (C=O) groups excluding carboxylic acids is 2. The molecule has 82 heavy (non-hydrogen) atoms. The van der Waals surface area contributed by atoms with Crippen LogP contribution in [0.3, 0.4) is 0 Å². The third kappa shape index (κ3) is 12.0. The van der Waals surface area contributed by atoms with Gasteiger partial charge in [0.1, 0.15) is 23.8 Å². The smallest absolute Gasteiger partial charge is 0.243 e. The van der Waals surface area contributed by atoms with Crippen LogP contribution < -0.4 is 30.5 Å². The zero-order valence-corrected chi connectivity index (χ0v) is 48.2. The summed E-state index contributed by atoms with van der Waals surface area (Å²) in [7, 11) is 0. The Labute approximate surface area is 483 Å². The van der Waals surface area contributed by atoms with Crippen LogP contribution in [0.25, 0.3) is 21.7 Å². The van der Waals surface area contributed by atoms with Gasteiger partial charge in [-0.25, -0.2) is 9.97 Å². The van der Waals surface area contributed by atoms with Crippen LogP contribution in [0, 0.1) is 12.8 Å². The van der Waals surface area contributed by atoms with Crippen molar-refractivity contribution in [1.29, 1.82) is 0 Å². The number of piperazine rings is 2. The number of ether oxygens (including phenoxy) is 2. The minimum Gasteiger partial charge on any atom is -0.507 e. The van der Waals surface area contributed by atoms with E-state index in [4.69, 9.17) is 19.7 Å². The summed E-state index contributed by atoms with van der Waals surface area (Å²) in [5.74, 6) is 1.09. The number of aryl methyl sites for hydroxylation is 1. The molecule has 0 radical (unpaired) electrons. The maximum atomic E-state index is 14.4. The number of thiazole rings is 1. The number of β-amino-alcohol motifs (C(OH)–C–C–N with tert-alkyl or cyclic N) is 1. The van der Waals surface area contributed by atoms with Gasteiger partial charge in [0, 0.05) is 133 Å². The Balaban J connectivity index is 0.553. The number of phenols is 1. The number of nitrogens with one attached hydrogen (secondary N) is 1. The first kappa shape index (κ1) is 55.6. The monoisotopic (exact) mass is 1140 g/mol. The summed E-state index contributed by atoms with van der Waals surface area (Å²) >= 11 is 1.60. The van der Waals surface area contributed by atoms with Gasteiger partial charge < -0.3 is 59.8 Å². The van der Waals surface area contributed by atoms with Gasteiger partial charge in [0.25, 0.3) is 0 Å². The number of piperidine rings is 1. The van der Waals surface area contributed by atoms with Crippen LogP contribution in [0.5, 0.6) is 11.6 Å². The van der Waals surface area contributed by atoms with Crippen molar-refractivity contribution >= 4 is 46.2 Å². The highest BCUT2D eigenvalue weighted by atomic mass is 32.1. The number of aliphatic hydroxyl groups excluding tert-OH is 1. The Bertz CT molecular complexity index is 3160. The van der Waals surface area contributed by atoms with Crippen LogP contribution in [-0.4, -0.2) is 177 Å². The van der Waals surface area contributed by atoms with Crippen molar-refractivity contribution in [2.24, 2.45) is 5.92 Å². The number of phenolic OH excluding ortho intramolecular Hbond substituents is 1. The number of rotatable bonds is 18. The van der Waals surface area contributed by atoms with Crippen molar-refractivity contribution in [1.82, 2.24) is 45.3 Å². The van der Waals surface area contributed by atoms with Crippen LogP contribution in [0.1, 0.15) is 94.7 Å². The highest BCUT2D eigenvalue weighted by Crippen LogP contribution is 2.41. The highest BCUT2D eigenvalue weighted by molar-refractivity contribution is 7.13. The first-order valence-corrected chi connectivity index (χ1v) is 30.3. The van der Waals surface area contributed by atoms with Crippen molar-refractivity contribution < 1.29 is 33.8 Å². The predicted octanol–water partition coefficient (Wildman–Crippen LogP) is 6.90. The molecule has 4 aromatic heterocycles. The van der Waals surface area contributed by atoms with Gasteiger partial charge in [0.15, 0.2) is 17.4 Å². The van der Waals surface area contributed by atoms with E-state index < -0.39 is 18.1 Å². The average Bonchev–Trinajstić information content (AvgIpc) is 3.82. The molecule has 2 bridgehead atoms. The molecule has 12 rings (SSSR count). The number of aromatic hydroxyl groups is 1. The van der Waals surface area contributed by atoms with E-state index in [0.717, 1.165) is 137 Å². The molecule has 0 spiro atoms. The third-order valence-corrected chi connectivity index (χ3v) is 18.9. The normalized spacial score (nSPS) is 24.2. The second-order valence-corrected chi connectivity index (χ2v) is 24.6. The molecule has 4 unspecified atom stereocenters. The summed E-state index contributed by atoms with van der Waals surface area (Å²) in [6, 6.07) is 22.8. The van der Waals surface area contributed by atoms with Gasteiger partial charge in [-0.2, -0.15) is 0 Å². The fourth-order valence-corrected chi connectivity index (χ4v) is 14.0. The van der Waals surface area contributed by atoms with E-state index in [0.29, 0.717) is 46.6 Å². The van der Waals surface area contributed by atoms with E-state index in [1.54, 1.807) is 23.5 Å².